The molecule has 0 heterocycles. The van der Waals surface area contributed by atoms with Crippen LogP contribution in [0.25, 0.3) is 0 Å². The predicted octanol–water partition coefficient (Wildman–Crippen LogP) is 5.53. The fourth-order valence-electron chi connectivity index (χ4n) is 3.97. The molecule has 0 aromatic heterocycles. The minimum absolute atomic E-state index is 0.115. The molecule has 162 valence electrons. The molecule has 2 rings (SSSR count). The molecule has 0 amide bonds. The molecule has 0 saturated carbocycles. The Balaban J connectivity index is 2.57. The van der Waals surface area contributed by atoms with Crippen molar-refractivity contribution in [1.29, 1.82) is 5.26 Å². The van der Waals surface area contributed by atoms with E-state index in [0.717, 1.165) is 12.1 Å². The Hall–Kier alpha value is -2.59. The van der Waals surface area contributed by atoms with Crippen molar-refractivity contribution in [2.45, 2.75) is 57.7 Å². The van der Waals surface area contributed by atoms with Crippen molar-refractivity contribution in [1.82, 2.24) is 0 Å². The number of ether oxygens (including phenoxy) is 1. The zero-order chi connectivity index (χ0) is 22.9. The number of alkyl halides is 3. The lowest BCUT2D eigenvalue weighted by molar-refractivity contribution is -0.266. The SMILES string of the molecule is COc1ccc(F)cc1C(C)(C)CC(O)(Cc1cc(C)cc(C)c1C#N)C(F)(F)F. The Morgan fingerprint density at radius 3 is 2.27 bits per heavy atom. The van der Waals surface area contributed by atoms with Gasteiger partial charge >= 0.3 is 6.18 Å². The summed E-state index contributed by atoms with van der Waals surface area (Å²) in [6.45, 7) is 6.34. The van der Waals surface area contributed by atoms with Gasteiger partial charge in [0.05, 0.1) is 18.7 Å². The molecule has 0 aliphatic rings. The van der Waals surface area contributed by atoms with Crippen molar-refractivity contribution in [3.05, 3.63) is 64.0 Å². The van der Waals surface area contributed by atoms with Crippen molar-refractivity contribution >= 4 is 0 Å². The van der Waals surface area contributed by atoms with Crippen LogP contribution in [-0.4, -0.2) is 24.0 Å². The van der Waals surface area contributed by atoms with Crippen LogP contribution in [0.5, 0.6) is 5.75 Å². The van der Waals surface area contributed by atoms with E-state index in [4.69, 9.17) is 4.74 Å². The molecule has 1 unspecified atom stereocenters. The van der Waals surface area contributed by atoms with Gasteiger partial charge in [-0.25, -0.2) is 4.39 Å². The summed E-state index contributed by atoms with van der Waals surface area (Å²) in [7, 11) is 1.34. The van der Waals surface area contributed by atoms with E-state index in [2.05, 4.69) is 0 Å². The maximum Gasteiger partial charge on any atom is 0.417 e. The molecule has 0 saturated heterocycles. The molecule has 30 heavy (non-hydrogen) atoms. The first-order chi connectivity index (χ1) is 13.7. The summed E-state index contributed by atoms with van der Waals surface area (Å²) < 4.78 is 61.3. The van der Waals surface area contributed by atoms with Crippen LogP contribution >= 0.6 is 0 Å². The van der Waals surface area contributed by atoms with E-state index in [1.807, 2.05) is 6.07 Å². The molecule has 0 radical (unpaired) electrons. The van der Waals surface area contributed by atoms with Crippen molar-refractivity contribution in [3.63, 3.8) is 0 Å². The zero-order valence-electron chi connectivity index (χ0n) is 17.6. The first kappa shape index (κ1) is 23.7. The second-order valence-electron chi connectivity index (χ2n) is 8.34. The summed E-state index contributed by atoms with van der Waals surface area (Å²) in [5.74, 6) is -0.384. The lowest BCUT2D eigenvalue weighted by Gasteiger charge is -2.38. The van der Waals surface area contributed by atoms with Gasteiger partial charge in [0, 0.05) is 12.0 Å². The van der Waals surface area contributed by atoms with E-state index >= 15 is 0 Å². The van der Waals surface area contributed by atoms with Crippen molar-refractivity contribution in [2.75, 3.05) is 7.11 Å². The van der Waals surface area contributed by atoms with Gasteiger partial charge in [-0.05, 0) is 55.0 Å². The molecule has 3 nitrogen and oxygen atoms in total. The Morgan fingerprint density at radius 2 is 1.73 bits per heavy atom. The fraction of sp³-hybridized carbons (Fsp3) is 0.435. The van der Waals surface area contributed by atoms with Gasteiger partial charge in [0.2, 0.25) is 0 Å². The normalized spacial score (nSPS) is 14.2. The smallest absolute Gasteiger partial charge is 0.417 e. The number of nitriles is 1. The van der Waals surface area contributed by atoms with Crippen LogP contribution in [-0.2, 0) is 11.8 Å². The van der Waals surface area contributed by atoms with E-state index < -0.39 is 35.9 Å². The minimum Gasteiger partial charge on any atom is -0.496 e. The Labute approximate surface area is 173 Å². The number of rotatable bonds is 6. The third-order valence-electron chi connectivity index (χ3n) is 5.31. The van der Waals surface area contributed by atoms with Crippen LogP contribution in [0.15, 0.2) is 30.3 Å². The molecular formula is C23H25F4NO2. The number of nitrogens with zero attached hydrogens (tertiary/aromatic N) is 1. The maximum absolute atomic E-state index is 14.1. The maximum atomic E-state index is 14.1. The Bertz CT molecular complexity index is 976. The summed E-state index contributed by atoms with van der Waals surface area (Å²) in [5, 5.41) is 20.3. The standard InChI is InChI=1S/C23H25F4NO2/c1-14-8-15(2)18(12-28)16(9-14)11-22(29,23(25,26)27)13-21(3,4)19-10-17(24)6-7-20(19)30-5/h6-10,29H,11,13H2,1-5H3. The first-order valence-electron chi connectivity index (χ1n) is 9.37. The molecule has 1 atom stereocenters. The highest BCUT2D eigenvalue weighted by molar-refractivity contribution is 5.47. The number of methoxy groups -OCH3 is 1. The van der Waals surface area contributed by atoms with Crippen LogP contribution < -0.4 is 4.74 Å². The predicted molar refractivity (Wildman–Crippen MR) is 106 cm³/mol. The van der Waals surface area contributed by atoms with E-state index in [1.54, 1.807) is 19.9 Å². The molecular weight excluding hydrogens is 398 g/mol. The summed E-state index contributed by atoms with van der Waals surface area (Å²) in [6, 6.07) is 8.74. The van der Waals surface area contributed by atoms with Crippen LogP contribution in [0.4, 0.5) is 17.6 Å². The fourth-order valence-corrected chi connectivity index (χ4v) is 3.97. The second kappa shape index (κ2) is 8.27. The topological polar surface area (TPSA) is 53.2 Å². The van der Waals surface area contributed by atoms with Crippen molar-refractivity contribution < 1.29 is 27.4 Å². The summed E-state index contributed by atoms with van der Waals surface area (Å²) in [6.07, 6.45) is -6.51. The monoisotopic (exact) mass is 423 g/mol. The molecule has 0 bridgehead atoms. The molecule has 0 spiro atoms. The van der Waals surface area contributed by atoms with Crippen LogP contribution in [0.1, 0.15) is 48.1 Å². The molecule has 2 aromatic rings. The van der Waals surface area contributed by atoms with Gasteiger partial charge < -0.3 is 9.84 Å². The third-order valence-corrected chi connectivity index (χ3v) is 5.31. The van der Waals surface area contributed by atoms with Gasteiger partial charge in [0.15, 0.2) is 5.60 Å². The molecule has 0 aliphatic carbocycles. The van der Waals surface area contributed by atoms with Crippen molar-refractivity contribution in [3.8, 4) is 11.8 Å². The van der Waals surface area contributed by atoms with Gasteiger partial charge in [-0.1, -0.05) is 31.5 Å². The average molecular weight is 423 g/mol. The lowest BCUT2D eigenvalue weighted by Crippen LogP contribution is -2.51. The number of hydrogen-bond donors (Lipinski definition) is 1. The van der Waals surface area contributed by atoms with E-state index in [9.17, 15) is 27.9 Å². The van der Waals surface area contributed by atoms with Crippen LogP contribution in [0.3, 0.4) is 0 Å². The molecule has 2 aromatic carbocycles. The number of benzene rings is 2. The van der Waals surface area contributed by atoms with E-state index in [1.165, 1.54) is 33.1 Å². The van der Waals surface area contributed by atoms with Crippen molar-refractivity contribution in [2.24, 2.45) is 0 Å². The Morgan fingerprint density at radius 1 is 1.10 bits per heavy atom. The number of aryl methyl sites for hydroxylation is 2. The number of aliphatic hydroxyl groups is 1. The molecule has 0 aliphatic heterocycles. The van der Waals surface area contributed by atoms with Gasteiger partial charge in [0.25, 0.3) is 0 Å². The van der Waals surface area contributed by atoms with Gasteiger partial charge in [-0.15, -0.1) is 0 Å². The summed E-state index contributed by atoms with van der Waals surface area (Å²) in [5.41, 5.74) is -2.74. The quantitative estimate of drug-likeness (QED) is 0.622. The zero-order valence-corrected chi connectivity index (χ0v) is 17.6. The molecule has 0 fully saturated rings. The third kappa shape index (κ3) is 4.76. The molecule has 7 heteroatoms. The lowest BCUT2D eigenvalue weighted by atomic mass is 9.72. The summed E-state index contributed by atoms with van der Waals surface area (Å²) in [4.78, 5) is 0. The minimum atomic E-state index is -4.98. The van der Waals surface area contributed by atoms with Gasteiger partial charge in [-0.2, -0.15) is 18.4 Å². The largest absolute Gasteiger partial charge is 0.496 e. The highest BCUT2D eigenvalue weighted by Crippen LogP contribution is 2.45. The highest BCUT2D eigenvalue weighted by atomic mass is 19.4. The second-order valence-corrected chi connectivity index (χ2v) is 8.34. The highest BCUT2D eigenvalue weighted by Gasteiger charge is 2.56. The Kier molecular flexibility index (Phi) is 6.53. The first-order valence-corrected chi connectivity index (χ1v) is 9.37. The summed E-state index contributed by atoms with van der Waals surface area (Å²) >= 11 is 0. The van der Waals surface area contributed by atoms with Crippen LogP contribution in [0.2, 0.25) is 0 Å². The van der Waals surface area contributed by atoms with Gasteiger partial charge in [-0.3, -0.25) is 0 Å². The number of hydrogen-bond acceptors (Lipinski definition) is 3. The van der Waals surface area contributed by atoms with E-state index in [0.29, 0.717) is 11.1 Å². The van der Waals surface area contributed by atoms with Crippen LogP contribution in [0, 0.1) is 31.0 Å². The number of halogens is 4. The van der Waals surface area contributed by atoms with Gasteiger partial charge in [0.1, 0.15) is 11.6 Å². The average Bonchev–Trinajstić information content (AvgIpc) is 2.60. The van der Waals surface area contributed by atoms with E-state index in [-0.39, 0.29) is 22.4 Å². The molecule has 1 N–H and O–H groups in total.